The van der Waals surface area contributed by atoms with E-state index in [1.807, 2.05) is 26.0 Å². The highest BCUT2D eigenvalue weighted by molar-refractivity contribution is 5.79. The van der Waals surface area contributed by atoms with Gasteiger partial charge in [-0.25, -0.2) is 9.38 Å². The lowest BCUT2D eigenvalue weighted by Crippen LogP contribution is -2.41. The molecule has 8 heteroatoms. The van der Waals surface area contributed by atoms with Crippen molar-refractivity contribution in [3.05, 3.63) is 53.8 Å². The quantitative estimate of drug-likeness (QED) is 0.384. The summed E-state index contributed by atoms with van der Waals surface area (Å²) in [5, 5.41) is 15.3. The first-order chi connectivity index (χ1) is 14.6. The van der Waals surface area contributed by atoms with Gasteiger partial charge in [-0.3, -0.25) is 0 Å². The monoisotopic (exact) mass is 419 g/mol. The number of nitrogens with zero attached hydrogens (tertiary/aromatic N) is 1. The Hall–Kier alpha value is -3.00. The number of hydrogen-bond donors (Lipinski definition) is 3. The Morgan fingerprint density at radius 3 is 2.63 bits per heavy atom. The van der Waals surface area contributed by atoms with E-state index >= 15 is 0 Å². The molecule has 0 bridgehead atoms. The van der Waals surface area contributed by atoms with Gasteiger partial charge in [0.15, 0.2) is 29.0 Å². The maximum absolute atomic E-state index is 13.7. The van der Waals surface area contributed by atoms with Crippen molar-refractivity contribution in [1.82, 2.24) is 10.6 Å². The van der Waals surface area contributed by atoms with Crippen LogP contribution in [-0.2, 0) is 6.54 Å². The highest BCUT2D eigenvalue weighted by atomic mass is 19.1. The van der Waals surface area contributed by atoms with E-state index < -0.39 is 0 Å². The third-order valence-corrected chi connectivity index (χ3v) is 4.06. The third-order valence-electron chi connectivity index (χ3n) is 4.06. The normalized spacial score (nSPS) is 12.2. The van der Waals surface area contributed by atoms with Crippen molar-refractivity contribution in [3.8, 4) is 17.2 Å². The van der Waals surface area contributed by atoms with Crippen LogP contribution in [0, 0.1) is 5.82 Å². The lowest BCUT2D eigenvalue weighted by atomic mass is 10.2. The number of methoxy groups -OCH3 is 1. The molecule has 2 rings (SSSR count). The van der Waals surface area contributed by atoms with Crippen LogP contribution in [0.3, 0.4) is 0 Å². The Morgan fingerprint density at radius 1 is 1.13 bits per heavy atom. The fraction of sp³-hybridized carbons (Fsp3) is 0.409. The van der Waals surface area contributed by atoms with Gasteiger partial charge in [0, 0.05) is 6.54 Å². The van der Waals surface area contributed by atoms with Crippen molar-refractivity contribution >= 4 is 5.96 Å². The molecule has 0 fully saturated rings. The SMILES string of the molecule is CCNC(=NCc1ccc(OCCO)c(OC)c1)NCC(C)Oc1ccccc1F. The van der Waals surface area contributed by atoms with Crippen LogP contribution in [0.1, 0.15) is 19.4 Å². The number of rotatable bonds is 11. The minimum atomic E-state index is -0.384. The van der Waals surface area contributed by atoms with Gasteiger partial charge in [-0.1, -0.05) is 18.2 Å². The Bertz CT molecular complexity index is 817. The summed E-state index contributed by atoms with van der Waals surface area (Å²) in [5.74, 6) is 1.63. The molecule has 0 aliphatic heterocycles. The second kappa shape index (κ2) is 12.5. The molecule has 0 aliphatic rings. The number of guanidine groups is 1. The lowest BCUT2D eigenvalue weighted by Gasteiger charge is -2.18. The Kier molecular flexibility index (Phi) is 9.73. The van der Waals surface area contributed by atoms with E-state index in [9.17, 15) is 4.39 Å². The predicted octanol–water partition coefficient (Wildman–Crippen LogP) is 2.73. The van der Waals surface area contributed by atoms with Crippen LogP contribution >= 0.6 is 0 Å². The number of benzene rings is 2. The second-order valence-electron chi connectivity index (χ2n) is 6.49. The van der Waals surface area contributed by atoms with Crippen LogP contribution in [0.15, 0.2) is 47.5 Å². The zero-order valence-corrected chi connectivity index (χ0v) is 17.7. The van der Waals surface area contributed by atoms with Crippen molar-refractivity contribution in [2.45, 2.75) is 26.5 Å². The van der Waals surface area contributed by atoms with Crippen molar-refractivity contribution in [1.29, 1.82) is 0 Å². The van der Waals surface area contributed by atoms with Crippen LogP contribution < -0.4 is 24.8 Å². The van der Waals surface area contributed by atoms with Crippen molar-refractivity contribution in [3.63, 3.8) is 0 Å². The number of hydrogen-bond acceptors (Lipinski definition) is 5. The summed E-state index contributed by atoms with van der Waals surface area (Å²) in [6.07, 6.45) is -0.256. The third kappa shape index (κ3) is 7.44. The average Bonchev–Trinajstić information content (AvgIpc) is 2.76. The van der Waals surface area contributed by atoms with Crippen LogP contribution in [0.5, 0.6) is 17.2 Å². The first kappa shape index (κ1) is 23.3. The molecule has 0 radical (unpaired) electrons. The van der Waals surface area contributed by atoms with E-state index in [1.165, 1.54) is 6.07 Å². The minimum absolute atomic E-state index is 0.0635. The first-order valence-corrected chi connectivity index (χ1v) is 9.91. The molecule has 3 N–H and O–H groups in total. The van der Waals surface area contributed by atoms with E-state index in [1.54, 1.807) is 31.4 Å². The Balaban J connectivity index is 1.95. The molecule has 0 aliphatic carbocycles. The zero-order chi connectivity index (χ0) is 21.8. The van der Waals surface area contributed by atoms with Gasteiger partial charge in [-0.05, 0) is 43.7 Å². The van der Waals surface area contributed by atoms with Crippen molar-refractivity contribution < 1.29 is 23.7 Å². The molecule has 0 amide bonds. The molecule has 0 aromatic heterocycles. The predicted molar refractivity (Wildman–Crippen MR) is 115 cm³/mol. The largest absolute Gasteiger partial charge is 0.493 e. The number of nitrogens with one attached hydrogen (secondary N) is 2. The van der Waals surface area contributed by atoms with Gasteiger partial charge in [0.25, 0.3) is 0 Å². The summed E-state index contributed by atoms with van der Waals surface area (Å²) in [6, 6.07) is 11.9. The molecule has 1 unspecified atom stereocenters. The molecular weight excluding hydrogens is 389 g/mol. The molecule has 164 valence electrons. The van der Waals surface area contributed by atoms with Gasteiger partial charge in [-0.2, -0.15) is 0 Å². The maximum atomic E-state index is 13.7. The highest BCUT2D eigenvalue weighted by Crippen LogP contribution is 2.28. The molecule has 2 aromatic rings. The minimum Gasteiger partial charge on any atom is -0.493 e. The van der Waals surface area contributed by atoms with Crippen LogP contribution in [0.2, 0.25) is 0 Å². The summed E-state index contributed by atoms with van der Waals surface area (Å²) in [4.78, 5) is 4.58. The van der Waals surface area contributed by atoms with E-state index in [-0.39, 0.29) is 30.9 Å². The number of ether oxygens (including phenoxy) is 3. The van der Waals surface area contributed by atoms with Gasteiger partial charge in [0.1, 0.15) is 12.7 Å². The number of aliphatic hydroxyl groups excluding tert-OH is 1. The summed E-state index contributed by atoms with van der Waals surface area (Å²) in [5.41, 5.74) is 0.941. The van der Waals surface area contributed by atoms with E-state index in [4.69, 9.17) is 19.3 Å². The van der Waals surface area contributed by atoms with Crippen LogP contribution in [-0.4, -0.2) is 50.6 Å². The molecule has 7 nitrogen and oxygen atoms in total. The summed E-state index contributed by atoms with van der Waals surface area (Å²) >= 11 is 0. The number of aliphatic hydroxyl groups is 1. The standard InChI is InChI=1S/C22H30FN3O4/c1-4-24-22(25-14-16(2)30-19-8-6-5-7-18(19)23)26-15-17-9-10-20(29-12-11-27)21(13-17)28-3/h5-10,13,16,27H,4,11-12,14-15H2,1-3H3,(H2,24,25,26). The van der Waals surface area contributed by atoms with Gasteiger partial charge < -0.3 is 30.0 Å². The van der Waals surface area contributed by atoms with Crippen LogP contribution in [0.25, 0.3) is 0 Å². The fourth-order valence-corrected chi connectivity index (χ4v) is 2.64. The number of para-hydroxylation sites is 1. The van der Waals surface area contributed by atoms with E-state index in [2.05, 4.69) is 15.6 Å². The Labute approximate surface area is 176 Å². The maximum Gasteiger partial charge on any atom is 0.191 e. The molecule has 30 heavy (non-hydrogen) atoms. The topological polar surface area (TPSA) is 84.3 Å². The van der Waals surface area contributed by atoms with Crippen LogP contribution in [0.4, 0.5) is 4.39 Å². The molecule has 0 heterocycles. The molecule has 1 atom stereocenters. The molecular formula is C22H30FN3O4. The molecule has 0 spiro atoms. The van der Waals surface area contributed by atoms with Crippen molar-refractivity contribution in [2.75, 3.05) is 33.4 Å². The zero-order valence-electron chi connectivity index (χ0n) is 17.7. The molecule has 0 saturated carbocycles. The summed E-state index contributed by atoms with van der Waals surface area (Å²) < 4.78 is 30.2. The summed E-state index contributed by atoms with van der Waals surface area (Å²) in [7, 11) is 1.57. The van der Waals surface area contributed by atoms with E-state index in [0.717, 1.165) is 5.56 Å². The smallest absolute Gasteiger partial charge is 0.191 e. The molecule has 2 aromatic carbocycles. The number of halogens is 1. The summed E-state index contributed by atoms with van der Waals surface area (Å²) in [6.45, 7) is 5.56. The second-order valence-corrected chi connectivity index (χ2v) is 6.49. The lowest BCUT2D eigenvalue weighted by molar-refractivity contribution is 0.196. The highest BCUT2D eigenvalue weighted by Gasteiger charge is 2.09. The van der Waals surface area contributed by atoms with Gasteiger partial charge in [-0.15, -0.1) is 0 Å². The Morgan fingerprint density at radius 2 is 1.93 bits per heavy atom. The van der Waals surface area contributed by atoms with Gasteiger partial charge >= 0.3 is 0 Å². The van der Waals surface area contributed by atoms with Crippen molar-refractivity contribution in [2.24, 2.45) is 4.99 Å². The first-order valence-electron chi connectivity index (χ1n) is 9.91. The van der Waals surface area contributed by atoms with E-state index in [0.29, 0.717) is 37.1 Å². The number of aliphatic imine (C=N–C) groups is 1. The fourth-order valence-electron chi connectivity index (χ4n) is 2.64. The van der Waals surface area contributed by atoms with Gasteiger partial charge in [0.2, 0.25) is 0 Å². The van der Waals surface area contributed by atoms with Gasteiger partial charge in [0.05, 0.1) is 26.8 Å². The average molecular weight is 419 g/mol. The molecule has 0 saturated heterocycles.